The summed E-state index contributed by atoms with van der Waals surface area (Å²) < 4.78 is 67.2. The molecule has 0 radical (unpaired) electrons. The molecule has 1 N–H and O–H groups in total. The Labute approximate surface area is 151 Å². The van der Waals surface area contributed by atoms with E-state index in [9.17, 15) is 31.5 Å². The summed E-state index contributed by atoms with van der Waals surface area (Å²) in [5, 5.41) is 0.243. The number of nitrogens with one attached hydrogen (secondary N) is 1. The van der Waals surface area contributed by atoms with E-state index in [1.165, 1.54) is 12.5 Å². The average molecular weight is 405 g/mol. The van der Waals surface area contributed by atoms with Gasteiger partial charge in [-0.05, 0) is 24.9 Å². The van der Waals surface area contributed by atoms with Crippen molar-refractivity contribution in [1.82, 2.24) is 5.32 Å². The van der Waals surface area contributed by atoms with E-state index in [-0.39, 0.29) is 12.3 Å². The fourth-order valence-electron chi connectivity index (χ4n) is 2.99. The van der Waals surface area contributed by atoms with Crippen LogP contribution >= 0.6 is 23.5 Å². The number of thioether (sulfide) groups is 2. The second-order valence-corrected chi connectivity index (χ2v) is 7.66. The quantitative estimate of drug-likeness (QED) is 0.698. The molecule has 0 aromatic heterocycles. The molecule has 10 heteroatoms. The monoisotopic (exact) mass is 405 g/mol. The van der Waals surface area contributed by atoms with Gasteiger partial charge >= 0.3 is 6.18 Å². The van der Waals surface area contributed by atoms with Gasteiger partial charge in [0.1, 0.15) is 6.04 Å². The maximum atomic E-state index is 13.5. The van der Waals surface area contributed by atoms with Crippen LogP contribution in [0.5, 0.6) is 0 Å². The van der Waals surface area contributed by atoms with Gasteiger partial charge in [-0.1, -0.05) is 37.4 Å². The first-order valence-electron chi connectivity index (χ1n) is 7.47. The lowest BCUT2D eigenvalue weighted by Crippen LogP contribution is -2.57. The van der Waals surface area contributed by atoms with Crippen LogP contribution in [0.2, 0.25) is 0 Å². The van der Waals surface area contributed by atoms with Gasteiger partial charge in [-0.3, -0.25) is 9.59 Å². The number of hydrogen-bond donors (Lipinski definition) is 1. The summed E-state index contributed by atoms with van der Waals surface area (Å²) in [5.74, 6) is -3.03. The SMILES string of the molecule is CSC(=O)C1=C(C(F)F)NC(C(F)(F)F)C(C(=O)SC)C1CC(C)C. The molecule has 3 nitrogen and oxygen atoms in total. The first kappa shape index (κ1) is 22.3. The van der Waals surface area contributed by atoms with Crippen LogP contribution in [0, 0.1) is 17.8 Å². The van der Waals surface area contributed by atoms with E-state index in [2.05, 4.69) is 0 Å². The van der Waals surface area contributed by atoms with Crippen molar-refractivity contribution in [3.63, 3.8) is 0 Å². The highest BCUT2D eigenvalue weighted by molar-refractivity contribution is 8.13. The van der Waals surface area contributed by atoms with Gasteiger partial charge in [0.25, 0.3) is 6.43 Å². The van der Waals surface area contributed by atoms with Crippen molar-refractivity contribution in [2.75, 3.05) is 12.5 Å². The molecule has 0 aliphatic carbocycles. The van der Waals surface area contributed by atoms with Gasteiger partial charge in [-0.25, -0.2) is 8.78 Å². The summed E-state index contributed by atoms with van der Waals surface area (Å²) in [6.07, 6.45) is -5.44. The number of carbonyl (C=O) groups excluding carboxylic acids is 2. The smallest absolute Gasteiger partial charge is 0.372 e. The molecule has 1 heterocycles. The summed E-state index contributed by atoms with van der Waals surface area (Å²) in [4.78, 5) is 24.5. The van der Waals surface area contributed by atoms with Gasteiger partial charge in [0, 0.05) is 11.5 Å². The Morgan fingerprint density at radius 1 is 1.16 bits per heavy atom. The fourth-order valence-corrected chi connectivity index (χ4v) is 4.05. The van der Waals surface area contributed by atoms with Crippen LogP contribution in [-0.4, -0.2) is 41.4 Å². The fraction of sp³-hybridized carbons (Fsp3) is 0.733. The van der Waals surface area contributed by atoms with E-state index < -0.39 is 52.0 Å². The number of allylic oxidation sites excluding steroid dienone is 1. The lowest BCUT2D eigenvalue weighted by molar-refractivity contribution is -0.175. The molecule has 1 aliphatic heterocycles. The van der Waals surface area contributed by atoms with Crippen LogP contribution in [0.4, 0.5) is 22.0 Å². The highest BCUT2D eigenvalue weighted by atomic mass is 32.2. The summed E-state index contributed by atoms with van der Waals surface area (Å²) >= 11 is 1.25. The molecule has 144 valence electrons. The molecule has 0 spiro atoms. The molecule has 25 heavy (non-hydrogen) atoms. The Balaban J connectivity index is 3.65. The number of carbonyl (C=O) groups is 2. The first-order valence-corrected chi connectivity index (χ1v) is 9.92. The average Bonchev–Trinajstić information content (AvgIpc) is 2.50. The van der Waals surface area contributed by atoms with Gasteiger partial charge in [0.05, 0.1) is 11.6 Å². The lowest BCUT2D eigenvalue weighted by atomic mass is 9.74. The molecule has 0 aromatic carbocycles. The van der Waals surface area contributed by atoms with Crippen LogP contribution in [0.1, 0.15) is 20.3 Å². The first-order chi connectivity index (χ1) is 11.4. The maximum Gasteiger partial charge on any atom is 0.409 e. The molecular formula is C15H20F5NO2S2. The maximum absolute atomic E-state index is 13.5. The van der Waals surface area contributed by atoms with Crippen molar-refractivity contribution < 1.29 is 31.5 Å². The minimum absolute atomic E-state index is 0.0308. The van der Waals surface area contributed by atoms with Gasteiger partial charge in [-0.15, -0.1) is 0 Å². The van der Waals surface area contributed by atoms with Crippen molar-refractivity contribution >= 4 is 33.8 Å². The third-order valence-electron chi connectivity index (χ3n) is 3.94. The molecule has 3 atom stereocenters. The van der Waals surface area contributed by atoms with Crippen molar-refractivity contribution in [1.29, 1.82) is 0 Å². The van der Waals surface area contributed by atoms with E-state index in [0.29, 0.717) is 23.5 Å². The van der Waals surface area contributed by atoms with E-state index in [0.717, 1.165) is 0 Å². The molecule has 0 amide bonds. The molecule has 0 saturated heterocycles. The minimum Gasteiger partial charge on any atom is -0.372 e. The lowest BCUT2D eigenvalue weighted by Gasteiger charge is -2.41. The third-order valence-corrected chi connectivity index (χ3v) is 5.20. The number of alkyl halides is 5. The highest BCUT2D eigenvalue weighted by Gasteiger charge is 2.55. The Bertz CT molecular complexity index is 549. The van der Waals surface area contributed by atoms with Gasteiger partial charge in [0.15, 0.2) is 5.12 Å². The van der Waals surface area contributed by atoms with Crippen molar-refractivity contribution in [2.24, 2.45) is 17.8 Å². The Morgan fingerprint density at radius 3 is 2.08 bits per heavy atom. The van der Waals surface area contributed by atoms with Crippen molar-refractivity contribution in [3.8, 4) is 0 Å². The highest BCUT2D eigenvalue weighted by Crippen LogP contribution is 2.44. The summed E-state index contributed by atoms with van der Waals surface area (Å²) in [7, 11) is 0. The summed E-state index contributed by atoms with van der Waals surface area (Å²) in [6, 6.07) is -2.45. The standard InChI is InChI=1S/C15H20F5NO2S2/c1-6(2)5-7-8(13(22)24-3)10(12(16)17)21-11(15(18,19)20)9(7)14(23)25-4/h6-7,9,11-12,21H,5H2,1-4H3. The zero-order valence-electron chi connectivity index (χ0n) is 14.1. The van der Waals surface area contributed by atoms with Crippen LogP contribution in [0.3, 0.4) is 0 Å². The summed E-state index contributed by atoms with van der Waals surface area (Å²) in [6.45, 7) is 3.41. The zero-order chi connectivity index (χ0) is 19.5. The van der Waals surface area contributed by atoms with Crippen molar-refractivity contribution in [3.05, 3.63) is 11.3 Å². The zero-order valence-corrected chi connectivity index (χ0v) is 15.7. The van der Waals surface area contributed by atoms with Crippen LogP contribution in [0.25, 0.3) is 0 Å². The second kappa shape index (κ2) is 8.75. The Morgan fingerprint density at radius 2 is 1.72 bits per heavy atom. The van der Waals surface area contributed by atoms with Gasteiger partial charge < -0.3 is 5.32 Å². The number of halogens is 5. The molecule has 1 aliphatic rings. The van der Waals surface area contributed by atoms with E-state index in [1.54, 1.807) is 19.2 Å². The van der Waals surface area contributed by atoms with Crippen LogP contribution in [-0.2, 0) is 9.59 Å². The van der Waals surface area contributed by atoms with Crippen molar-refractivity contribution in [2.45, 2.75) is 38.9 Å². The van der Waals surface area contributed by atoms with Gasteiger partial charge in [-0.2, -0.15) is 13.2 Å². The summed E-state index contributed by atoms with van der Waals surface area (Å²) in [5.41, 5.74) is -1.42. The van der Waals surface area contributed by atoms with Gasteiger partial charge in [0.2, 0.25) is 5.12 Å². The Kier molecular flexibility index (Phi) is 7.79. The van der Waals surface area contributed by atoms with Crippen LogP contribution in [0.15, 0.2) is 11.3 Å². The van der Waals surface area contributed by atoms with E-state index in [1.807, 2.05) is 0 Å². The van der Waals surface area contributed by atoms with Crippen LogP contribution < -0.4 is 5.32 Å². The molecular weight excluding hydrogens is 385 g/mol. The molecule has 1 rings (SSSR count). The molecule has 0 bridgehead atoms. The molecule has 0 saturated carbocycles. The molecule has 3 unspecified atom stereocenters. The largest absolute Gasteiger partial charge is 0.409 e. The number of hydrogen-bond acceptors (Lipinski definition) is 5. The second-order valence-electron chi connectivity index (χ2n) is 6.07. The minimum atomic E-state index is -4.90. The molecule has 0 aromatic rings. The normalized spacial score (nSPS) is 24.7. The third kappa shape index (κ3) is 5.12. The Hall–Kier alpha value is -0.770. The number of rotatable bonds is 5. The topological polar surface area (TPSA) is 46.2 Å². The van der Waals surface area contributed by atoms with E-state index in [4.69, 9.17) is 0 Å². The predicted molar refractivity (Wildman–Crippen MR) is 89.5 cm³/mol. The molecule has 0 fully saturated rings. The predicted octanol–water partition coefficient (Wildman–Crippen LogP) is 4.10. The van der Waals surface area contributed by atoms with E-state index >= 15 is 0 Å².